The molecule has 1 aromatic heterocycles. The van der Waals surface area contributed by atoms with Crippen LogP contribution in [0, 0.1) is 0 Å². The lowest BCUT2D eigenvalue weighted by molar-refractivity contribution is 0.398. The second-order valence-electron chi connectivity index (χ2n) is 4.22. The molecule has 90 valence electrons. The quantitative estimate of drug-likeness (QED) is 0.691. The van der Waals surface area contributed by atoms with Crippen LogP contribution >= 0.6 is 0 Å². The fraction of sp³-hybridized carbons (Fsp3) is 0.667. The summed E-state index contributed by atoms with van der Waals surface area (Å²) >= 11 is 0. The van der Waals surface area contributed by atoms with Crippen LogP contribution in [0.15, 0.2) is 17.3 Å². The molecule has 1 fully saturated rings. The molecule has 0 unspecified atom stereocenters. The molecule has 0 aliphatic heterocycles. The van der Waals surface area contributed by atoms with Crippen molar-refractivity contribution in [3.63, 3.8) is 0 Å². The largest absolute Gasteiger partial charge is 0.329 e. The Morgan fingerprint density at radius 1 is 1.50 bits per heavy atom. The predicted octanol–water partition coefficient (Wildman–Crippen LogP) is -0.0405. The zero-order valence-corrected chi connectivity index (χ0v) is 9.76. The zero-order chi connectivity index (χ0) is 11.6. The molecule has 1 heterocycles. The highest BCUT2D eigenvalue weighted by Crippen LogP contribution is 2.30. The number of hydrogen-bond acceptors (Lipinski definition) is 4. The van der Waals surface area contributed by atoms with Crippen LogP contribution in [-0.4, -0.2) is 30.7 Å². The third kappa shape index (κ3) is 2.11. The summed E-state index contributed by atoms with van der Waals surface area (Å²) in [4.78, 5) is 0. The molecule has 0 spiro atoms. The van der Waals surface area contributed by atoms with E-state index >= 15 is 0 Å². The zero-order valence-electron chi connectivity index (χ0n) is 8.94. The third-order valence-corrected chi connectivity index (χ3v) is 4.58. The van der Waals surface area contributed by atoms with E-state index in [9.17, 15) is 8.42 Å². The topological polar surface area (TPSA) is 101 Å². The first-order valence-corrected chi connectivity index (χ1v) is 6.80. The van der Waals surface area contributed by atoms with Gasteiger partial charge in [0.2, 0.25) is 0 Å². The number of nitrogens with zero attached hydrogens (tertiary/aromatic N) is 1. The Bertz CT molecular complexity index is 434. The molecule has 2 rings (SSSR count). The second kappa shape index (κ2) is 4.15. The monoisotopic (exact) mass is 244 g/mol. The van der Waals surface area contributed by atoms with Gasteiger partial charge in [0.05, 0.1) is 6.20 Å². The van der Waals surface area contributed by atoms with Crippen LogP contribution in [0.3, 0.4) is 0 Å². The highest BCUT2D eigenvalue weighted by molar-refractivity contribution is 7.89. The summed E-state index contributed by atoms with van der Waals surface area (Å²) in [6.07, 6.45) is 5.05. The Labute approximate surface area is 94.7 Å². The number of nitrogens with one attached hydrogen (secondary N) is 2. The van der Waals surface area contributed by atoms with Crippen molar-refractivity contribution >= 4 is 10.0 Å². The number of aromatic nitrogens is 2. The third-order valence-electron chi connectivity index (χ3n) is 3.07. The van der Waals surface area contributed by atoms with Gasteiger partial charge in [-0.25, -0.2) is 13.1 Å². The number of nitrogens with two attached hydrogens (primary N) is 1. The van der Waals surface area contributed by atoms with Crippen molar-refractivity contribution in [2.45, 2.75) is 36.2 Å². The molecule has 6 nitrogen and oxygen atoms in total. The highest BCUT2D eigenvalue weighted by Gasteiger charge is 2.37. The van der Waals surface area contributed by atoms with Gasteiger partial charge in [-0.3, -0.25) is 5.10 Å². The van der Waals surface area contributed by atoms with Crippen molar-refractivity contribution in [3.05, 3.63) is 12.3 Å². The Morgan fingerprint density at radius 3 is 2.69 bits per heavy atom. The van der Waals surface area contributed by atoms with Crippen LogP contribution in [0.4, 0.5) is 0 Å². The Balaban J connectivity index is 2.20. The Hall–Kier alpha value is -0.920. The van der Waals surface area contributed by atoms with Gasteiger partial charge in [-0.15, -0.1) is 0 Å². The molecule has 7 heteroatoms. The molecule has 0 amide bonds. The summed E-state index contributed by atoms with van der Waals surface area (Å²) in [5.41, 5.74) is 5.21. The first kappa shape index (κ1) is 11.6. The minimum absolute atomic E-state index is 0.0900. The fourth-order valence-electron chi connectivity index (χ4n) is 2.13. The molecule has 1 saturated carbocycles. The maximum absolute atomic E-state index is 12.0. The first-order valence-electron chi connectivity index (χ1n) is 5.31. The number of H-pyrrole nitrogens is 1. The summed E-state index contributed by atoms with van der Waals surface area (Å²) in [7, 11) is -3.52. The number of hydrogen-bond donors (Lipinski definition) is 3. The molecule has 0 aromatic carbocycles. The maximum Gasteiger partial charge on any atom is 0.258 e. The van der Waals surface area contributed by atoms with E-state index in [0.29, 0.717) is 6.54 Å². The molecule has 0 bridgehead atoms. The minimum atomic E-state index is -3.52. The van der Waals surface area contributed by atoms with Gasteiger partial charge in [-0.05, 0) is 18.9 Å². The van der Waals surface area contributed by atoms with Gasteiger partial charge in [0.15, 0.2) is 5.03 Å². The summed E-state index contributed by atoms with van der Waals surface area (Å²) in [6.45, 7) is 0.334. The molecule has 1 aromatic rings. The molecule has 1 aliphatic rings. The highest BCUT2D eigenvalue weighted by atomic mass is 32.2. The van der Waals surface area contributed by atoms with Gasteiger partial charge in [-0.1, -0.05) is 12.8 Å². The summed E-state index contributed by atoms with van der Waals surface area (Å²) in [5, 5.41) is 6.18. The lowest BCUT2D eigenvalue weighted by Crippen LogP contribution is -2.51. The van der Waals surface area contributed by atoms with Crippen molar-refractivity contribution in [2.24, 2.45) is 5.73 Å². The van der Waals surface area contributed by atoms with Crippen LogP contribution in [0.2, 0.25) is 0 Å². The standard InChI is InChI=1S/C9H16N4O2S/c10-7-9(4-1-2-5-9)13-16(14,15)8-3-6-11-12-8/h3,6,13H,1-2,4-5,7,10H2,(H,11,12). The van der Waals surface area contributed by atoms with E-state index in [-0.39, 0.29) is 5.03 Å². The van der Waals surface area contributed by atoms with Crippen LogP contribution in [-0.2, 0) is 10.0 Å². The lowest BCUT2D eigenvalue weighted by atomic mass is 10.0. The smallest absolute Gasteiger partial charge is 0.258 e. The molecule has 0 radical (unpaired) electrons. The van der Waals surface area contributed by atoms with E-state index in [1.165, 1.54) is 12.3 Å². The van der Waals surface area contributed by atoms with Gasteiger partial charge in [0.1, 0.15) is 0 Å². The molecular weight excluding hydrogens is 228 g/mol. The van der Waals surface area contributed by atoms with E-state index < -0.39 is 15.6 Å². The first-order chi connectivity index (χ1) is 7.58. The summed E-state index contributed by atoms with van der Waals surface area (Å²) in [5.74, 6) is 0. The molecule has 16 heavy (non-hydrogen) atoms. The van der Waals surface area contributed by atoms with Gasteiger partial charge < -0.3 is 5.73 Å². The molecule has 1 aliphatic carbocycles. The number of rotatable bonds is 4. The average molecular weight is 244 g/mol. The van der Waals surface area contributed by atoms with Gasteiger partial charge in [0.25, 0.3) is 10.0 Å². The molecule has 4 N–H and O–H groups in total. The summed E-state index contributed by atoms with van der Waals surface area (Å²) < 4.78 is 26.6. The SMILES string of the molecule is NCC1(NS(=O)(=O)c2ccn[nH]2)CCCC1. The van der Waals surface area contributed by atoms with E-state index in [1.54, 1.807) is 0 Å². The van der Waals surface area contributed by atoms with Crippen LogP contribution in [0.25, 0.3) is 0 Å². The van der Waals surface area contributed by atoms with Gasteiger partial charge in [-0.2, -0.15) is 5.10 Å². The van der Waals surface area contributed by atoms with Crippen molar-refractivity contribution < 1.29 is 8.42 Å². The minimum Gasteiger partial charge on any atom is -0.329 e. The van der Waals surface area contributed by atoms with E-state index in [4.69, 9.17) is 5.73 Å². The van der Waals surface area contributed by atoms with Crippen molar-refractivity contribution in [2.75, 3.05) is 6.54 Å². The van der Waals surface area contributed by atoms with E-state index in [0.717, 1.165) is 25.7 Å². The predicted molar refractivity (Wildman–Crippen MR) is 59.2 cm³/mol. The fourth-order valence-corrected chi connectivity index (χ4v) is 3.51. The van der Waals surface area contributed by atoms with Crippen LogP contribution < -0.4 is 10.5 Å². The van der Waals surface area contributed by atoms with Crippen molar-refractivity contribution in [1.29, 1.82) is 0 Å². The number of sulfonamides is 1. The lowest BCUT2D eigenvalue weighted by Gasteiger charge is -2.27. The number of aromatic amines is 1. The van der Waals surface area contributed by atoms with Crippen LogP contribution in [0.1, 0.15) is 25.7 Å². The normalized spacial score (nSPS) is 20.1. The Kier molecular flexibility index (Phi) is 3.00. The van der Waals surface area contributed by atoms with E-state index in [2.05, 4.69) is 14.9 Å². The Morgan fingerprint density at radius 2 is 2.19 bits per heavy atom. The van der Waals surface area contributed by atoms with Crippen molar-refractivity contribution in [3.8, 4) is 0 Å². The average Bonchev–Trinajstić information content (AvgIpc) is 2.87. The second-order valence-corrected chi connectivity index (χ2v) is 5.87. The van der Waals surface area contributed by atoms with Crippen LogP contribution in [0.5, 0.6) is 0 Å². The molecule has 0 saturated heterocycles. The van der Waals surface area contributed by atoms with Crippen molar-refractivity contribution in [1.82, 2.24) is 14.9 Å². The molecule has 0 atom stereocenters. The van der Waals surface area contributed by atoms with Gasteiger partial charge in [0, 0.05) is 12.1 Å². The maximum atomic E-state index is 12.0. The van der Waals surface area contributed by atoms with E-state index in [1.807, 2.05) is 0 Å². The summed E-state index contributed by atoms with van der Waals surface area (Å²) in [6, 6.07) is 1.43. The molecular formula is C9H16N4O2S. The van der Waals surface area contributed by atoms with Gasteiger partial charge >= 0.3 is 0 Å².